The molecule has 0 saturated heterocycles. The Morgan fingerprint density at radius 2 is 1.35 bits per heavy atom. The third kappa shape index (κ3) is 6.62. The third-order valence-electron chi connectivity index (χ3n) is 11.0. The largest absolute Gasteiger partial charge is 0.458 e. The van der Waals surface area contributed by atoms with Gasteiger partial charge in [0.05, 0.1) is 33.8 Å². The van der Waals surface area contributed by atoms with Gasteiger partial charge < -0.3 is 4.74 Å². The fourth-order valence-corrected chi connectivity index (χ4v) is 7.83. The summed E-state index contributed by atoms with van der Waals surface area (Å²) in [5, 5.41) is 2.35. The molecule has 0 aliphatic rings. The van der Waals surface area contributed by atoms with Gasteiger partial charge >= 0.3 is 0 Å². The molecule has 0 saturated carbocycles. The molecule has 5 heteroatoms. The minimum atomic E-state index is 0.00546. The smallest absolute Gasteiger partial charge is 0.269 e. The van der Waals surface area contributed by atoms with Gasteiger partial charge in [-0.15, -0.1) is 0 Å². The molecule has 0 aliphatic carbocycles. The van der Waals surface area contributed by atoms with Gasteiger partial charge in [0, 0.05) is 23.0 Å². The van der Waals surface area contributed by atoms with Gasteiger partial charge in [0.15, 0.2) is 0 Å². The number of para-hydroxylation sites is 1. The van der Waals surface area contributed by atoms with Gasteiger partial charge in [0.25, 0.3) is 6.33 Å². The molecule has 0 radical (unpaired) electrons. The highest BCUT2D eigenvalue weighted by atomic mass is 16.5. The highest BCUT2D eigenvalue weighted by molar-refractivity contribution is 6.09. The Balaban J connectivity index is 1.12. The number of pyridine rings is 1. The van der Waals surface area contributed by atoms with Crippen LogP contribution >= 0.6 is 0 Å². The van der Waals surface area contributed by atoms with Crippen LogP contribution in [0.4, 0.5) is 0 Å². The SMILES string of the molecule is Cc1c(C)[n+](-c2ccc(-c3c(C(C)C)cccc3C(C)C)cc2)[c-]n1-c1cccc(Oc2ccc3c4ccccc4n(-c4cc(C(C)(C)C)ccn4)c3c2)c1. The number of rotatable bonds is 8. The van der Waals surface area contributed by atoms with Gasteiger partial charge in [-0.3, -0.25) is 13.7 Å². The van der Waals surface area contributed by atoms with Crippen molar-refractivity contribution in [2.45, 2.75) is 79.6 Å². The van der Waals surface area contributed by atoms with Crippen LogP contribution in [0.25, 0.3) is 50.1 Å². The fourth-order valence-electron chi connectivity index (χ4n) is 7.83. The number of aromatic nitrogens is 4. The highest BCUT2D eigenvalue weighted by Gasteiger charge is 2.20. The lowest BCUT2D eigenvalue weighted by atomic mass is 9.85. The van der Waals surface area contributed by atoms with Crippen LogP contribution in [0.1, 0.15) is 88.4 Å². The zero-order valence-corrected chi connectivity index (χ0v) is 33.5. The second-order valence-electron chi connectivity index (χ2n) is 16.4. The van der Waals surface area contributed by atoms with Gasteiger partial charge in [0.1, 0.15) is 17.3 Å². The van der Waals surface area contributed by atoms with E-state index < -0.39 is 0 Å². The van der Waals surface area contributed by atoms with E-state index in [9.17, 15) is 0 Å². The van der Waals surface area contributed by atoms with Gasteiger partial charge in [-0.1, -0.05) is 103 Å². The summed E-state index contributed by atoms with van der Waals surface area (Å²) < 4.78 is 13.1. The Morgan fingerprint density at radius 1 is 0.673 bits per heavy atom. The Morgan fingerprint density at radius 3 is 2.05 bits per heavy atom. The lowest BCUT2D eigenvalue weighted by Gasteiger charge is -2.20. The summed E-state index contributed by atoms with van der Waals surface area (Å²) in [5.41, 5.74) is 13.1. The van der Waals surface area contributed by atoms with Crippen molar-refractivity contribution in [3.63, 3.8) is 0 Å². The quantitative estimate of drug-likeness (QED) is 0.116. The van der Waals surface area contributed by atoms with E-state index in [2.05, 4.69) is 192 Å². The maximum Gasteiger partial charge on any atom is 0.269 e. The molecule has 8 rings (SSSR count). The number of hydrogen-bond acceptors (Lipinski definition) is 2. The number of hydrogen-bond donors (Lipinski definition) is 0. The first-order chi connectivity index (χ1) is 26.4. The lowest BCUT2D eigenvalue weighted by molar-refractivity contribution is -0.606. The Hall–Kier alpha value is -5.94. The van der Waals surface area contributed by atoms with Crippen LogP contribution in [0.15, 0.2) is 128 Å². The van der Waals surface area contributed by atoms with Crippen LogP contribution in [0.3, 0.4) is 0 Å². The molecule has 5 aromatic carbocycles. The van der Waals surface area contributed by atoms with E-state index in [0.717, 1.165) is 56.5 Å². The summed E-state index contributed by atoms with van der Waals surface area (Å²) in [4.78, 5) is 4.84. The monoisotopic (exact) mass is 722 g/mol. The molecular weight excluding hydrogens is 673 g/mol. The van der Waals surface area contributed by atoms with E-state index in [1.54, 1.807) is 0 Å². The number of nitrogens with zero attached hydrogens (tertiary/aromatic N) is 4. The molecule has 0 spiro atoms. The minimum absolute atomic E-state index is 0.00546. The standard InChI is InChI=1S/C50H50N4O/c1-32(2)42-17-13-18-43(33(3)4)49(42)36-20-22-38(23-21-36)52-31-53(35(6)34(52)5)39-14-12-15-40(29-39)55-41-24-25-45-44-16-10-11-19-46(44)54(47(45)30-41)48-28-37(26-27-51-48)50(7,8)9/h10-30,32-33H,1-9H3. The van der Waals surface area contributed by atoms with Crippen molar-refractivity contribution in [3.05, 3.63) is 162 Å². The zero-order chi connectivity index (χ0) is 38.6. The average Bonchev–Trinajstić information content (AvgIpc) is 3.67. The minimum Gasteiger partial charge on any atom is -0.458 e. The van der Waals surface area contributed by atoms with Crippen LogP contribution in [-0.2, 0) is 5.41 Å². The summed E-state index contributed by atoms with van der Waals surface area (Å²) in [7, 11) is 0. The Labute approximate surface area is 325 Å². The zero-order valence-electron chi connectivity index (χ0n) is 33.5. The van der Waals surface area contributed by atoms with Crippen molar-refractivity contribution in [1.82, 2.24) is 14.1 Å². The summed E-state index contributed by atoms with van der Waals surface area (Å²) in [5.74, 6) is 3.30. The van der Waals surface area contributed by atoms with Crippen LogP contribution < -0.4 is 9.30 Å². The van der Waals surface area contributed by atoms with Crippen molar-refractivity contribution >= 4 is 21.8 Å². The van der Waals surface area contributed by atoms with Crippen molar-refractivity contribution in [1.29, 1.82) is 0 Å². The predicted molar refractivity (Wildman–Crippen MR) is 227 cm³/mol. The Bertz CT molecular complexity index is 2660. The molecule has 0 N–H and O–H groups in total. The topological polar surface area (TPSA) is 35.9 Å². The molecule has 0 bridgehead atoms. The number of benzene rings is 5. The van der Waals surface area contributed by atoms with Crippen LogP contribution in [0.2, 0.25) is 0 Å². The maximum atomic E-state index is 6.62. The molecule has 3 aromatic heterocycles. The molecule has 0 amide bonds. The van der Waals surface area contributed by atoms with Gasteiger partial charge in [-0.2, -0.15) is 0 Å². The average molecular weight is 723 g/mol. The van der Waals surface area contributed by atoms with Crippen molar-refractivity contribution in [3.8, 4) is 39.8 Å². The molecule has 0 atom stereocenters. The van der Waals surface area contributed by atoms with Crippen molar-refractivity contribution < 1.29 is 9.30 Å². The molecule has 5 nitrogen and oxygen atoms in total. The van der Waals surface area contributed by atoms with E-state index in [1.807, 2.05) is 18.3 Å². The first-order valence-electron chi connectivity index (χ1n) is 19.4. The second kappa shape index (κ2) is 14.0. The Kier molecular flexibility index (Phi) is 9.21. The van der Waals surface area contributed by atoms with Crippen LogP contribution in [0, 0.1) is 20.2 Å². The van der Waals surface area contributed by atoms with E-state index in [-0.39, 0.29) is 5.41 Å². The summed E-state index contributed by atoms with van der Waals surface area (Å²) in [6, 6.07) is 43.1. The molecule has 0 fully saturated rings. The molecule has 0 aliphatic heterocycles. The van der Waals surface area contributed by atoms with Crippen LogP contribution in [0.5, 0.6) is 11.5 Å². The second-order valence-corrected chi connectivity index (χ2v) is 16.4. The molecule has 55 heavy (non-hydrogen) atoms. The number of imidazole rings is 1. The van der Waals surface area contributed by atoms with E-state index in [0.29, 0.717) is 11.8 Å². The normalized spacial score (nSPS) is 12.1. The molecule has 8 aromatic rings. The van der Waals surface area contributed by atoms with Crippen LogP contribution in [-0.4, -0.2) is 14.1 Å². The molecule has 0 unspecified atom stereocenters. The molecule has 3 heterocycles. The number of ether oxygens (including phenoxy) is 1. The van der Waals surface area contributed by atoms with E-state index in [1.165, 1.54) is 33.2 Å². The molecular formula is C50H50N4O. The summed E-state index contributed by atoms with van der Waals surface area (Å²) >= 11 is 0. The highest BCUT2D eigenvalue weighted by Crippen LogP contribution is 2.38. The van der Waals surface area contributed by atoms with Gasteiger partial charge in [-0.05, 0) is 120 Å². The summed E-state index contributed by atoms with van der Waals surface area (Å²) in [6.45, 7) is 20.1. The summed E-state index contributed by atoms with van der Waals surface area (Å²) in [6.07, 6.45) is 5.55. The van der Waals surface area contributed by atoms with Gasteiger partial charge in [-0.25, -0.2) is 4.98 Å². The predicted octanol–water partition coefficient (Wildman–Crippen LogP) is 12.7. The first-order valence-corrected chi connectivity index (χ1v) is 19.4. The first kappa shape index (κ1) is 36.1. The lowest BCUT2D eigenvalue weighted by Crippen LogP contribution is -2.32. The molecule has 276 valence electrons. The third-order valence-corrected chi connectivity index (χ3v) is 11.0. The van der Waals surface area contributed by atoms with Crippen molar-refractivity contribution in [2.75, 3.05) is 0 Å². The maximum absolute atomic E-state index is 6.62. The van der Waals surface area contributed by atoms with E-state index in [4.69, 9.17) is 9.72 Å². The number of fused-ring (bicyclic) bond motifs is 3. The van der Waals surface area contributed by atoms with E-state index >= 15 is 0 Å². The van der Waals surface area contributed by atoms with Crippen molar-refractivity contribution in [2.24, 2.45) is 0 Å². The van der Waals surface area contributed by atoms with Gasteiger partial charge in [0.2, 0.25) is 0 Å². The fraction of sp³-hybridized carbons (Fsp3) is 0.240.